The third-order valence-electron chi connectivity index (χ3n) is 14.1. The number of imide groups is 1. The van der Waals surface area contributed by atoms with Crippen molar-refractivity contribution >= 4 is 39.8 Å². The van der Waals surface area contributed by atoms with E-state index >= 15 is 0 Å². The van der Waals surface area contributed by atoms with Gasteiger partial charge < -0.3 is 24.6 Å². The van der Waals surface area contributed by atoms with Gasteiger partial charge in [0.2, 0.25) is 17.8 Å². The van der Waals surface area contributed by atoms with Crippen LogP contribution >= 0.6 is 0 Å². The maximum Gasteiger partial charge on any atom is 0.329 e. The van der Waals surface area contributed by atoms with E-state index in [-0.39, 0.29) is 30.2 Å². The van der Waals surface area contributed by atoms with Crippen LogP contribution in [-0.2, 0) is 34.5 Å². The maximum absolute atomic E-state index is 13.2. The highest BCUT2D eigenvalue weighted by atomic mass is 16.5. The summed E-state index contributed by atoms with van der Waals surface area (Å²) in [4.78, 5) is 54.8. The number of benzene rings is 2. The van der Waals surface area contributed by atoms with Crippen molar-refractivity contribution in [3.05, 3.63) is 76.5 Å². The molecule has 3 saturated heterocycles. The van der Waals surface area contributed by atoms with Crippen LogP contribution in [0, 0.1) is 0 Å². The predicted molar refractivity (Wildman–Crippen MR) is 249 cm³/mol. The summed E-state index contributed by atoms with van der Waals surface area (Å²) in [7, 11) is 1.74. The molecule has 3 aliphatic heterocycles. The van der Waals surface area contributed by atoms with Gasteiger partial charge in [0.25, 0.3) is 0 Å². The third kappa shape index (κ3) is 9.83. The van der Waals surface area contributed by atoms with E-state index in [0.717, 1.165) is 145 Å². The van der Waals surface area contributed by atoms with Crippen molar-refractivity contribution in [3.63, 3.8) is 0 Å². The van der Waals surface area contributed by atoms with Crippen LogP contribution in [0.4, 0.5) is 5.95 Å². The fourth-order valence-electron chi connectivity index (χ4n) is 10.5. The summed E-state index contributed by atoms with van der Waals surface area (Å²) in [6.45, 7) is 14.0. The maximum atomic E-state index is 13.2. The largest absolute Gasteiger partial charge is 0.393 e. The molecule has 3 N–H and O–H groups in total. The fraction of sp³-hybridized carbons (Fsp3) is 0.571. The summed E-state index contributed by atoms with van der Waals surface area (Å²) in [5, 5.41) is 17.2. The van der Waals surface area contributed by atoms with Crippen molar-refractivity contribution in [1.82, 2.24) is 43.7 Å². The van der Waals surface area contributed by atoms with Gasteiger partial charge in [0.1, 0.15) is 11.7 Å². The molecule has 6 heterocycles. The van der Waals surface area contributed by atoms with E-state index in [2.05, 4.69) is 80.3 Å². The summed E-state index contributed by atoms with van der Waals surface area (Å²) in [5.41, 5.74) is 7.01. The number of amides is 2. The minimum Gasteiger partial charge on any atom is -0.393 e. The molecule has 1 aliphatic carbocycles. The van der Waals surface area contributed by atoms with E-state index in [1.807, 2.05) is 18.3 Å². The molecule has 5 aromatic rings. The predicted octanol–water partition coefficient (Wildman–Crippen LogP) is 5.60. The van der Waals surface area contributed by atoms with Gasteiger partial charge in [0.05, 0.1) is 23.2 Å². The molecule has 2 aromatic carbocycles. The highest BCUT2D eigenvalue weighted by Gasteiger charge is 2.32. The van der Waals surface area contributed by atoms with E-state index in [1.165, 1.54) is 15.7 Å². The van der Waals surface area contributed by atoms with Crippen LogP contribution in [-0.4, -0.2) is 126 Å². The number of fused-ring (bicyclic) bond motifs is 2. The van der Waals surface area contributed by atoms with Gasteiger partial charge in [-0.3, -0.25) is 33.8 Å². The quantitative estimate of drug-likeness (QED) is 0.0839. The number of carbonyl (C=O) groups excluding carboxylic acids is 2. The molecule has 0 spiro atoms. The zero-order chi connectivity index (χ0) is 44.3. The Labute approximate surface area is 375 Å². The van der Waals surface area contributed by atoms with Gasteiger partial charge in [0.15, 0.2) is 0 Å². The number of nitrogens with zero attached hydrogens (tertiary/aromatic N) is 8. The molecule has 3 atom stereocenters. The summed E-state index contributed by atoms with van der Waals surface area (Å²) in [6.07, 6.45) is 12.6. The van der Waals surface area contributed by atoms with Gasteiger partial charge in [-0.05, 0) is 87.1 Å². The Balaban J connectivity index is 0.719. The van der Waals surface area contributed by atoms with Crippen LogP contribution in [0.3, 0.4) is 0 Å². The van der Waals surface area contributed by atoms with Gasteiger partial charge >= 0.3 is 5.69 Å². The van der Waals surface area contributed by atoms with Crippen molar-refractivity contribution in [2.45, 2.75) is 121 Å². The van der Waals surface area contributed by atoms with Gasteiger partial charge in [-0.25, -0.2) is 9.78 Å². The molecular weight excluding hydrogens is 809 g/mol. The van der Waals surface area contributed by atoms with Crippen molar-refractivity contribution in [2.75, 3.05) is 57.7 Å². The Bertz CT molecular complexity index is 2480. The summed E-state index contributed by atoms with van der Waals surface area (Å²) in [5.74, 6) is -0.0270. The number of aromatic nitrogens is 5. The highest BCUT2D eigenvalue weighted by molar-refractivity contribution is 6.00. The SMILES string of the molecule is CCC[C@H](C)Nc1ncc2c(-c3ccc(CN4CCN(CCCO[C@H]5CCN(Cc6ccc7c(c6)n(C)c(=O)n7C6CCC(=O)NC6=O)C5)CC4)cc3)cn([C@H]3CC[C@H](O)CC3)c2n1. The minimum atomic E-state index is -0.679. The molecular formula is C49H66N10O5. The first kappa shape index (κ1) is 44.3. The first-order chi connectivity index (χ1) is 31.1. The number of imidazole rings is 1. The van der Waals surface area contributed by atoms with E-state index in [0.29, 0.717) is 30.0 Å². The number of rotatable bonds is 16. The average molecular weight is 875 g/mol. The van der Waals surface area contributed by atoms with Gasteiger partial charge in [-0.15, -0.1) is 0 Å². The van der Waals surface area contributed by atoms with Gasteiger partial charge in [-0.2, -0.15) is 4.98 Å². The second-order valence-electron chi connectivity index (χ2n) is 18.9. The number of piperidine rings is 1. The highest BCUT2D eigenvalue weighted by Crippen LogP contribution is 2.37. The van der Waals surface area contributed by atoms with Crippen molar-refractivity contribution < 1.29 is 19.4 Å². The number of nitrogens with one attached hydrogen (secondary N) is 2. The number of aliphatic hydroxyl groups excluding tert-OH is 1. The smallest absolute Gasteiger partial charge is 0.329 e. The molecule has 64 heavy (non-hydrogen) atoms. The van der Waals surface area contributed by atoms with Crippen LogP contribution in [0.2, 0.25) is 0 Å². The number of anilines is 1. The van der Waals surface area contributed by atoms with Gasteiger partial charge in [0, 0.05) is 114 Å². The zero-order valence-corrected chi connectivity index (χ0v) is 37.9. The standard InChI is InChI=1S/C49H66N10O5/c1-4-6-33(2)51-48-50-28-40-41(32-58(46(40)53-48)37-12-14-38(60)15-13-37)36-10-7-34(8-11-36)29-56-24-22-55(23-25-56)20-5-26-64-39-19-21-57(31-39)30-35-9-16-42-44(27-35)54(3)49(63)59(42)43-17-18-45(61)52-47(43)62/h7-11,16,27-28,32-33,37-39,43,60H,4-6,12-15,17-26,29-31H2,1-3H3,(H,50,51,53)(H,52,61,62)/t33-,37-,38-,39-,43?/m0/s1. The summed E-state index contributed by atoms with van der Waals surface area (Å²) in [6, 6.07) is 15.0. The molecule has 15 nitrogen and oxygen atoms in total. The molecule has 1 saturated carbocycles. The number of likely N-dealkylation sites (tertiary alicyclic amines) is 1. The number of hydrogen-bond acceptors (Lipinski definition) is 11. The van der Waals surface area contributed by atoms with Crippen LogP contribution in [0.5, 0.6) is 0 Å². The number of carbonyl (C=O) groups is 2. The van der Waals surface area contributed by atoms with Crippen LogP contribution in [0.25, 0.3) is 33.2 Å². The number of piperazine rings is 1. The van der Waals surface area contributed by atoms with Crippen LogP contribution < -0.4 is 16.3 Å². The van der Waals surface area contributed by atoms with Crippen molar-refractivity contribution in [2.24, 2.45) is 7.05 Å². The average Bonchev–Trinajstić information content (AvgIpc) is 3.97. The van der Waals surface area contributed by atoms with Crippen LogP contribution in [0.15, 0.2) is 59.7 Å². The molecule has 9 rings (SSSR count). The first-order valence-electron chi connectivity index (χ1n) is 23.8. The minimum absolute atomic E-state index is 0.203. The molecule has 1 unspecified atom stereocenters. The topological polar surface area (TPSA) is 155 Å². The van der Waals surface area contributed by atoms with Gasteiger partial charge in [-0.1, -0.05) is 43.7 Å². The molecule has 0 bridgehead atoms. The Morgan fingerprint density at radius 1 is 0.891 bits per heavy atom. The fourth-order valence-corrected chi connectivity index (χ4v) is 10.5. The van der Waals surface area contributed by atoms with E-state index in [9.17, 15) is 19.5 Å². The lowest BCUT2D eigenvalue weighted by atomic mass is 9.93. The monoisotopic (exact) mass is 875 g/mol. The molecule has 2 amide bonds. The lowest BCUT2D eigenvalue weighted by Crippen LogP contribution is -2.46. The number of ether oxygens (including phenoxy) is 1. The molecule has 4 fully saturated rings. The molecule has 3 aromatic heterocycles. The Morgan fingerprint density at radius 2 is 1.64 bits per heavy atom. The Kier molecular flexibility index (Phi) is 13.6. The second kappa shape index (κ2) is 19.7. The summed E-state index contributed by atoms with van der Waals surface area (Å²) >= 11 is 0. The number of aryl methyl sites for hydroxylation is 1. The second-order valence-corrected chi connectivity index (χ2v) is 18.9. The molecule has 342 valence electrons. The Morgan fingerprint density at radius 3 is 2.41 bits per heavy atom. The number of hydrogen-bond donors (Lipinski definition) is 3. The molecule has 15 heteroatoms. The third-order valence-corrected chi connectivity index (χ3v) is 14.1. The van der Waals surface area contributed by atoms with E-state index < -0.39 is 11.9 Å². The normalized spacial score (nSPS) is 23.3. The molecule has 0 radical (unpaired) electrons. The van der Waals surface area contributed by atoms with Crippen LogP contribution in [0.1, 0.15) is 101 Å². The lowest BCUT2D eigenvalue weighted by Gasteiger charge is -2.34. The van der Waals surface area contributed by atoms with Crippen molar-refractivity contribution in [3.8, 4) is 11.1 Å². The summed E-state index contributed by atoms with van der Waals surface area (Å²) < 4.78 is 11.9. The van der Waals surface area contributed by atoms with E-state index in [4.69, 9.17) is 14.7 Å². The van der Waals surface area contributed by atoms with Crippen molar-refractivity contribution in [1.29, 1.82) is 0 Å². The lowest BCUT2D eigenvalue weighted by molar-refractivity contribution is -0.135. The van der Waals surface area contributed by atoms with E-state index in [1.54, 1.807) is 11.6 Å². The zero-order valence-electron chi connectivity index (χ0n) is 37.9. The molecule has 4 aliphatic rings. The number of aliphatic hydroxyl groups is 1. The Hall–Kier alpha value is -4.93. The first-order valence-corrected chi connectivity index (χ1v) is 23.8.